The molecule has 4 heteroatoms. The van der Waals surface area contributed by atoms with E-state index in [4.69, 9.17) is 10.8 Å². The van der Waals surface area contributed by atoms with Gasteiger partial charge < -0.3 is 15.7 Å². The molecule has 3 N–H and O–H groups in total. The second kappa shape index (κ2) is 2.98. The topological polar surface area (TPSA) is 66.6 Å². The zero-order valence-corrected chi connectivity index (χ0v) is 5.79. The summed E-state index contributed by atoms with van der Waals surface area (Å²) in [5, 5.41) is 9.14. The van der Waals surface area contributed by atoms with E-state index in [1.165, 1.54) is 4.90 Å². The lowest BCUT2D eigenvalue weighted by Gasteiger charge is -2.18. The molecular weight excluding hydrogens is 132 g/mol. The maximum atomic E-state index is 10.9. The van der Waals surface area contributed by atoms with Crippen LogP contribution in [0.1, 0.15) is 12.8 Å². The van der Waals surface area contributed by atoms with Crippen LogP contribution in [0.15, 0.2) is 0 Å². The Morgan fingerprint density at radius 1 is 1.80 bits per heavy atom. The minimum absolute atomic E-state index is 0.00292. The third-order valence-electron chi connectivity index (χ3n) is 1.72. The van der Waals surface area contributed by atoms with E-state index in [0.29, 0.717) is 13.0 Å². The molecule has 0 aromatic carbocycles. The summed E-state index contributed by atoms with van der Waals surface area (Å²) in [5.41, 5.74) is 5.11. The van der Waals surface area contributed by atoms with E-state index < -0.39 is 6.23 Å². The van der Waals surface area contributed by atoms with Crippen molar-refractivity contribution in [1.82, 2.24) is 4.90 Å². The second-order valence-electron chi connectivity index (χ2n) is 2.41. The predicted molar refractivity (Wildman–Crippen MR) is 36.0 cm³/mol. The average molecular weight is 144 g/mol. The number of aliphatic hydroxyl groups is 1. The number of amides is 1. The smallest absolute Gasteiger partial charge is 0.238 e. The molecule has 1 heterocycles. The summed E-state index contributed by atoms with van der Waals surface area (Å²) in [6, 6.07) is 0. The van der Waals surface area contributed by atoms with Crippen LogP contribution in [0, 0.1) is 0 Å². The van der Waals surface area contributed by atoms with E-state index in [0.717, 1.165) is 6.42 Å². The average Bonchev–Trinajstić information content (AvgIpc) is 2.34. The maximum absolute atomic E-state index is 10.9. The molecular formula is C6H12N2O2. The van der Waals surface area contributed by atoms with Gasteiger partial charge >= 0.3 is 0 Å². The highest BCUT2D eigenvalue weighted by Crippen LogP contribution is 2.13. The molecule has 1 fully saturated rings. The van der Waals surface area contributed by atoms with Crippen LogP contribution in [0.3, 0.4) is 0 Å². The number of hydrogen-bond donors (Lipinski definition) is 2. The Balaban J connectivity index is 2.46. The summed E-state index contributed by atoms with van der Waals surface area (Å²) < 4.78 is 0. The fourth-order valence-corrected chi connectivity index (χ4v) is 1.16. The van der Waals surface area contributed by atoms with Crippen molar-refractivity contribution >= 4 is 5.91 Å². The lowest BCUT2D eigenvalue weighted by Crippen LogP contribution is -2.39. The van der Waals surface area contributed by atoms with E-state index in [9.17, 15) is 4.79 Å². The second-order valence-corrected chi connectivity index (χ2v) is 2.41. The standard InChI is InChI=1S/C6H12N2O2/c7-4-6(10)8-3-1-2-5(8)9/h5,9H,1-4,7H2/t5-/m1/s1. The molecule has 1 atom stereocenters. The van der Waals surface area contributed by atoms with Gasteiger partial charge in [0.05, 0.1) is 6.54 Å². The van der Waals surface area contributed by atoms with Crippen LogP contribution < -0.4 is 5.73 Å². The molecule has 0 aromatic heterocycles. The minimum Gasteiger partial charge on any atom is -0.374 e. The number of nitrogens with two attached hydrogens (primary N) is 1. The first-order chi connectivity index (χ1) is 4.75. The van der Waals surface area contributed by atoms with Crippen molar-refractivity contribution in [2.75, 3.05) is 13.1 Å². The summed E-state index contributed by atoms with van der Waals surface area (Å²) in [7, 11) is 0. The number of rotatable bonds is 1. The quantitative estimate of drug-likeness (QED) is 0.490. The molecule has 58 valence electrons. The highest BCUT2D eigenvalue weighted by atomic mass is 16.3. The Hall–Kier alpha value is -0.610. The largest absolute Gasteiger partial charge is 0.374 e. The van der Waals surface area contributed by atoms with Crippen LogP contribution >= 0.6 is 0 Å². The number of carbonyl (C=O) groups excluding carboxylic acids is 1. The molecule has 1 saturated heterocycles. The number of hydrogen-bond acceptors (Lipinski definition) is 3. The fraction of sp³-hybridized carbons (Fsp3) is 0.833. The first-order valence-corrected chi connectivity index (χ1v) is 3.43. The van der Waals surface area contributed by atoms with Crippen LogP contribution in [-0.4, -0.2) is 35.2 Å². The molecule has 0 saturated carbocycles. The van der Waals surface area contributed by atoms with Gasteiger partial charge in [0.25, 0.3) is 0 Å². The summed E-state index contributed by atoms with van der Waals surface area (Å²) >= 11 is 0. The number of aliphatic hydroxyl groups excluding tert-OH is 1. The number of likely N-dealkylation sites (tertiary alicyclic amines) is 1. The molecule has 0 spiro atoms. The van der Waals surface area contributed by atoms with Crippen LogP contribution in [-0.2, 0) is 4.79 Å². The molecule has 0 unspecified atom stereocenters. The van der Waals surface area contributed by atoms with Crippen molar-refractivity contribution in [2.24, 2.45) is 5.73 Å². The Labute approximate surface area is 59.6 Å². The van der Waals surface area contributed by atoms with Crippen LogP contribution in [0.2, 0.25) is 0 Å². The van der Waals surface area contributed by atoms with Crippen molar-refractivity contribution in [3.05, 3.63) is 0 Å². The van der Waals surface area contributed by atoms with Gasteiger partial charge in [0.2, 0.25) is 5.91 Å². The molecule has 0 aromatic rings. The van der Waals surface area contributed by atoms with Crippen LogP contribution in [0.25, 0.3) is 0 Å². The van der Waals surface area contributed by atoms with Crippen LogP contribution in [0.5, 0.6) is 0 Å². The van der Waals surface area contributed by atoms with Gasteiger partial charge in [0.1, 0.15) is 6.23 Å². The summed E-state index contributed by atoms with van der Waals surface area (Å²) in [6.07, 6.45) is 0.981. The summed E-state index contributed by atoms with van der Waals surface area (Å²) in [5.74, 6) is -0.162. The van der Waals surface area contributed by atoms with Crippen molar-refractivity contribution in [2.45, 2.75) is 19.1 Å². The van der Waals surface area contributed by atoms with Gasteiger partial charge in [-0.15, -0.1) is 0 Å². The third kappa shape index (κ3) is 1.27. The number of nitrogens with zero attached hydrogens (tertiary/aromatic N) is 1. The Bertz CT molecular complexity index is 138. The molecule has 1 aliphatic heterocycles. The first-order valence-electron chi connectivity index (χ1n) is 3.43. The summed E-state index contributed by atoms with van der Waals surface area (Å²) in [4.78, 5) is 12.3. The van der Waals surface area contributed by atoms with Gasteiger partial charge in [0.15, 0.2) is 0 Å². The molecule has 0 bridgehead atoms. The van der Waals surface area contributed by atoms with E-state index in [-0.39, 0.29) is 12.5 Å². The highest BCUT2D eigenvalue weighted by molar-refractivity contribution is 5.78. The summed E-state index contributed by atoms with van der Waals surface area (Å²) in [6.45, 7) is 0.647. The van der Waals surface area contributed by atoms with E-state index in [1.807, 2.05) is 0 Å². The monoisotopic (exact) mass is 144 g/mol. The third-order valence-corrected chi connectivity index (χ3v) is 1.72. The van der Waals surface area contributed by atoms with Gasteiger partial charge in [-0.25, -0.2) is 0 Å². The molecule has 1 rings (SSSR count). The van der Waals surface area contributed by atoms with Crippen molar-refractivity contribution < 1.29 is 9.90 Å². The van der Waals surface area contributed by atoms with Crippen molar-refractivity contribution in [3.8, 4) is 0 Å². The maximum Gasteiger partial charge on any atom is 0.238 e. The predicted octanol–water partition coefficient (Wildman–Crippen LogP) is -1.11. The Kier molecular flexibility index (Phi) is 2.24. The van der Waals surface area contributed by atoms with Gasteiger partial charge in [0, 0.05) is 6.54 Å². The zero-order valence-electron chi connectivity index (χ0n) is 5.79. The first kappa shape index (κ1) is 7.50. The SMILES string of the molecule is NCC(=O)N1CCC[C@H]1O. The lowest BCUT2D eigenvalue weighted by molar-refractivity contribution is -0.136. The number of carbonyl (C=O) groups is 1. The van der Waals surface area contributed by atoms with Gasteiger partial charge in [-0.1, -0.05) is 0 Å². The van der Waals surface area contributed by atoms with Crippen molar-refractivity contribution in [1.29, 1.82) is 0 Å². The van der Waals surface area contributed by atoms with Crippen LogP contribution in [0.4, 0.5) is 0 Å². The molecule has 0 radical (unpaired) electrons. The van der Waals surface area contributed by atoms with E-state index in [1.54, 1.807) is 0 Å². The Morgan fingerprint density at radius 3 is 2.90 bits per heavy atom. The molecule has 1 aliphatic rings. The molecule has 4 nitrogen and oxygen atoms in total. The molecule has 10 heavy (non-hydrogen) atoms. The molecule has 0 aliphatic carbocycles. The van der Waals surface area contributed by atoms with E-state index >= 15 is 0 Å². The van der Waals surface area contributed by atoms with Gasteiger partial charge in [-0.05, 0) is 12.8 Å². The molecule has 1 amide bonds. The minimum atomic E-state index is -0.587. The zero-order chi connectivity index (χ0) is 7.56. The fourth-order valence-electron chi connectivity index (χ4n) is 1.16. The normalized spacial score (nSPS) is 25.4. The Morgan fingerprint density at radius 2 is 2.50 bits per heavy atom. The van der Waals surface area contributed by atoms with Crippen molar-refractivity contribution in [3.63, 3.8) is 0 Å². The van der Waals surface area contributed by atoms with E-state index in [2.05, 4.69) is 0 Å². The van der Waals surface area contributed by atoms with Gasteiger partial charge in [-0.2, -0.15) is 0 Å². The lowest BCUT2D eigenvalue weighted by atomic mass is 10.4. The highest BCUT2D eigenvalue weighted by Gasteiger charge is 2.25. The van der Waals surface area contributed by atoms with Gasteiger partial charge in [-0.3, -0.25) is 4.79 Å².